The molecule has 0 saturated carbocycles. The van der Waals surface area contributed by atoms with E-state index in [2.05, 4.69) is 52.3 Å². The minimum Gasteiger partial charge on any atom is -0.496 e. The molecule has 1 aromatic heterocycles. The van der Waals surface area contributed by atoms with Crippen LogP contribution in [-0.4, -0.2) is 25.1 Å². The maximum absolute atomic E-state index is 6.22. The number of hydrogen-bond acceptors (Lipinski definition) is 4. The van der Waals surface area contributed by atoms with Crippen LogP contribution >= 0.6 is 27.3 Å². The molecule has 0 radical (unpaired) electrons. The molecule has 0 aliphatic heterocycles. The fourth-order valence-electron chi connectivity index (χ4n) is 2.56. The first-order chi connectivity index (χ1) is 10.0. The monoisotopic (exact) mass is 368 g/mol. The number of nitrogens with zero attached hydrogens (tertiary/aromatic N) is 1. The number of nitrogens with two attached hydrogens (primary N) is 1. The summed E-state index contributed by atoms with van der Waals surface area (Å²) in [5.41, 5.74) is 7.39. The van der Waals surface area contributed by atoms with Gasteiger partial charge in [0.1, 0.15) is 5.75 Å². The molecule has 0 aliphatic carbocycles. The maximum atomic E-state index is 6.22. The second-order valence-electron chi connectivity index (χ2n) is 5.20. The van der Waals surface area contributed by atoms with Crippen molar-refractivity contribution in [1.82, 2.24) is 4.90 Å². The van der Waals surface area contributed by atoms with Gasteiger partial charge in [0.05, 0.1) is 13.2 Å². The molecule has 0 saturated heterocycles. The first-order valence-corrected chi connectivity index (χ1v) is 8.52. The summed E-state index contributed by atoms with van der Waals surface area (Å²) in [6.45, 7) is 2.85. The van der Waals surface area contributed by atoms with E-state index < -0.39 is 0 Å². The van der Waals surface area contributed by atoms with Crippen molar-refractivity contribution in [2.24, 2.45) is 5.73 Å². The summed E-state index contributed by atoms with van der Waals surface area (Å²) in [6, 6.07) is 10.5. The molecule has 2 aromatic rings. The Hall–Kier alpha value is -0.880. The van der Waals surface area contributed by atoms with Gasteiger partial charge in [-0.05, 0) is 42.0 Å². The molecule has 0 bridgehead atoms. The fraction of sp³-hybridized carbons (Fsp3) is 0.375. The van der Waals surface area contributed by atoms with Gasteiger partial charge in [-0.1, -0.05) is 18.2 Å². The van der Waals surface area contributed by atoms with E-state index in [1.165, 1.54) is 10.4 Å². The van der Waals surface area contributed by atoms with Crippen LogP contribution in [0.2, 0.25) is 0 Å². The van der Waals surface area contributed by atoms with E-state index in [9.17, 15) is 0 Å². The van der Waals surface area contributed by atoms with Crippen molar-refractivity contribution in [2.75, 3.05) is 14.2 Å². The Morgan fingerprint density at radius 3 is 2.67 bits per heavy atom. The third-order valence-electron chi connectivity index (χ3n) is 3.46. The fourth-order valence-corrected chi connectivity index (χ4v) is 4.29. The number of methoxy groups -OCH3 is 1. The van der Waals surface area contributed by atoms with Crippen LogP contribution in [0, 0.1) is 0 Å². The minimum atomic E-state index is 0.0512. The number of likely N-dealkylation sites (N-methyl/N-ethyl adjacent to an activating group) is 1. The lowest BCUT2D eigenvalue weighted by Crippen LogP contribution is -2.36. The Labute approximate surface area is 138 Å². The van der Waals surface area contributed by atoms with Gasteiger partial charge in [0.15, 0.2) is 0 Å². The number of ether oxygens (including phenoxy) is 1. The molecular weight excluding hydrogens is 348 g/mol. The molecule has 2 rings (SSSR count). The van der Waals surface area contributed by atoms with Gasteiger partial charge in [-0.2, -0.15) is 0 Å². The van der Waals surface area contributed by atoms with E-state index in [-0.39, 0.29) is 12.1 Å². The Kier molecular flexibility index (Phi) is 5.81. The topological polar surface area (TPSA) is 38.5 Å². The van der Waals surface area contributed by atoms with E-state index in [4.69, 9.17) is 10.5 Å². The lowest BCUT2D eigenvalue weighted by atomic mass is 10.1. The van der Waals surface area contributed by atoms with E-state index in [0.29, 0.717) is 0 Å². The van der Waals surface area contributed by atoms with Crippen molar-refractivity contribution < 1.29 is 4.74 Å². The molecule has 2 unspecified atom stereocenters. The first-order valence-electron chi connectivity index (χ1n) is 6.84. The molecule has 2 atom stereocenters. The molecule has 114 valence electrons. The summed E-state index contributed by atoms with van der Waals surface area (Å²) in [6.07, 6.45) is 0. The smallest absolute Gasteiger partial charge is 0.123 e. The molecule has 3 nitrogen and oxygen atoms in total. The van der Waals surface area contributed by atoms with Crippen molar-refractivity contribution >= 4 is 27.3 Å². The molecule has 0 aliphatic rings. The molecule has 0 amide bonds. The first kappa shape index (κ1) is 16.5. The van der Waals surface area contributed by atoms with Crippen LogP contribution in [0.5, 0.6) is 5.75 Å². The Morgan fingerprint density at radius 2 is 2.10 bits per heavy atom. The van der Waals surface area contributed by atoms with E-state index >= 15 is 0 Å². The quantitative estimate of drug-likeness (QED) is 0.835. The third kappa shape index (κ3) is 4.07. The highest BCUT2D eigenvalue weighted by molar-refractivity contribution is 9.10. The Morgan fingerprint density at radius 1 is 1.38 bits per heavy atom. The van der Waals surface area contributed by atoms with Crippen molar-refractivity contribution in [3.8, 4) is 5.75 Å². The molecule has 5 heteroatoms. The number of benzene rings is 1. The summed E-state index contributed by atoms with van der Waals surface area (Å²) in [4.78, 5) is 3.55. The van der Waals surface area contributed by atoms with E-state index in [1.807, 2.05) is 18.2 Å². The highest BCUT2D eigenvalue weighted by Gasteiger charge is 2.23. The van der Waals surface area contributed by atoms with Gasteiger partial charge in [0.2, 0.25) is 0 Å². The second-order valence-corrected chi connectivity index (χ2v) is 7.06. The largest absolute Gasteiger partial charge is 0.496 e. The van der Waals surface area contributed by atoms with E-state index in [1.54, 1.807) is 18.4 Å². The number of rotatable bonds is 6. The molecule has 1 aromatic carbocycles. The van der Waals surface area contributed by atoms with Crippen LogP contribution in [0.3, 0.4) is 0 Å². The van der Waals surface area contributed by atoms with Gasteiger partial charge in [-0.3, -0.25) is 4.90 Å². The highest BCUT2D eigenvalue weighted by atomic mass is 79.9. The molecule has 2 N–H and O–H groups in total. The lowest BCUT2D eigenvalue weighted by Gasteiger charge is -2.30. The van der Waals surface area contributed by atoms with Crippen molar-refractivity contribution in [3.63, 3.8) is 0 Å². The molecular formula is C16H21BrN2OS. The van der Waals surface area contributed by atoms with Crippen molar-refractivity contribution in [2.45, 2.75) is 25.6 Å². The summed E-state index contributed by atoms with van der Waals surface area (Å²) in [7, 11) is 3.81. The number of para-hydroxylation sites is 1. The SMILES string of the molecule is COc1ccccc1CN(C)C(c1cc(Br)cs1)C(C)N. The number of halogens is 1. The van der Waals surface area contributed by atoms with Crippen molar-refractivity contribution in [3.05, 3.63) is 50.6 Å². The minimum absolute atomic E-state index is 0.0512. The van der Waals surface area contributed by atoms with Gasteiger partial charge in [0.25, 0.3) is 0 Å². The predicted molar refractivity (Wildman–Crippen MR) is 92.9 cm³/mol. The number of hydrogen-bond donors (Lipinski definition) is 1. The average Bonchev–Trinajstić information content (AvgIpc) is 2.85. The average molecular weight is 369 g/mol. The van der Waals surface area contributed by atoms with Crippen LogP contribution in [0.4, 0.5) is 0 Å². The zero-order valence-corrected chi connectivity index (χ0v) is 14.9. The van der Waals surface area contributed by atoms with Gasteiger partial charge in [-0.25, -0.2) is 0 Å². The van der Waals surface area contributed by atoms with Crippen LogP contribution < -0.4 is 10.5 Å². The van der Waals surface area contributed by atoms with Gasteiger partial charge < -0.3 is 10.5 Å². The molecule has 1 heterocycles. The second kappa shape index (κ2) is 7.40. The summed E-state index contributed by atoms with van der Waals surface area (Å²) >= 11 is 5.25. The van der Waals surface area contributed by atoms with Crippen molar-refractivity contribution in [1.29, 1.82) is 0 Å². The zero-order valence-electron chi connectivity index (χ0n) is 12.5. The van der Waals surface area contributed by atoms with E-state index in [0.717, 1.165) is 16.8 Å². The van der Waals surface area contributed by atoms with Crippen LogP contribution in [0.15, 0.2) is 40.2 Å². The van der Waals surface area contributed by atoms with Crippen LogP contribution in [0.25, 0.3) is 0 Å². The number of thiophene rings is 1. The predicted octanol–water partition coefficient (Wildman–Crippen LogP) is 4.04. The van der Waals surface area contributed by atoms with Gasteiger partial charge >= 0.3 is 0 Å². The Bertz CT molecular complexity index is 585. The van der Waals surface area contributed by atoms with Crippen LogP contribution in [0.1, 0.15) is 23.4 Å². The summed E-state index contributed by atoms with van der Waals surface area (Å²) < 4.78 is 6.54. The maximum Gasteiger partial charge on any atom is 0.123 e. The summed E-state index contributed by atoms with van der Waals surface area (Å²) in [5.74, 6) is 0.917. The zero-order chi connectivity index (χ0) is 15.4. The van der Waals surface area contributed by atoms with Crippen LogP contribution in [-0.2, 0) is 6.54 Å². The molecule has 0 fully saturated rings. The Balaban J connectivity index is 2.21. The highest BCUT2D eigenvalue weighted by Crippen LogP contribution is 2.32. The standard InChI is InChI=1S/C16H21BrN2OS/c1-11(18)16(15-8-13(17)10-21-15)19(2)9-12-6-4-5-7-14(12)20-3/h4-8,10-11,16H,9,18H2,1-3H3. The normalized spacial score (nSPS) is 14.2. The summed E-state index contributed by atoms with van der Waals surface area (Å²) in [5, 5.41) is 2.10. The van der Waals surface area contributed by atoms with Gasteiger partial charge in [-0.15, -0.1) is 11.3 Å². The molecule has 21 heavy (non-hydrogen) atoms. The van der Waals surface area contributed by atoms with Gasteiger partial charge in [0, 0.05) is 32.9 Å². The molecule has 0 spiro atoms. The third-order valence-corrected chi connectivity index (χ3v) is 5.23. The lowest BCUT2D eigenvalue weighted by molar-refractivity contribution is 0.211.